The van der Waals surface area contributed by atoms with E-state index in [1.165, 1.54) is 0 Å². The molecular formula is C41H30N6O4. The van der Waals surface area contributed by atoms with Crippen molar-refractivity contribution in [3.8, 4) is 22.9 Å². The Kier molecular flexibility index (Phi) is 9.12. The SMILES string of the molecule is O=C(Nc1ccc(-c2nc3ccc(NC(=O)c4ccc(N=Cc5ccccc5O)cc4)cc3[nH]2)cc1)c1ccc(N=Cc2ccccc2O)cc1. The number of nitrogens with zero attached hydrogens (tertiary/aromatic N) is 3. The quantitative estimate of drug-likeness (QED) is 0.0974. The number of aromatic amines is 1. The van der Waals surface area contributed by atoms with E-state index in [-0.39, 0.29) is 23.3 Å². The minimum atomic E-state index is -0.267. The first kappa shape index (κ1) is 32.2. The summed E-state index contributed by atoms with van der Waals surface area (Å²) < 4.78 is 0. The van der Waals surface area contributed by atoms with Gasteiger partial charge in [-0.2, -0.15) is 0 Å². The molecule has 7 aromatic rings. The highest BCUT2D eigenvalue weighted by Crippen LogP contribution is 2.26. The van der Waals surface area contributed by atoms with Crippen LogP contribution in [0, 0.1) is 0 Å². The van der Waals surface area contributed by atoms with E-state index in [9.17, 15) is 19.8 Å². The van der Waals surface area contributed by atoms with Gasteiger partial charge in [-0.25, -0.2) is 4.98 Å². The third-order valence-electron chi connectivity index (χ3n) is 7.99. The van der Waals surface area contributed by atoms with Crippen molar-refractivity contribution in [3.05, 3.63) is 162 Å². The molecule has 1 heterocycles. The van der Waals surface area contributed by atoms with Crippen LogP contribution in [-0.4, -0.2) is 44.4 Å². The van der Waals surface area contributed by atoms with Gasteiger partial charge in [-0.15, -0.1) is 0 Å². The van der Waals surface area contributed by atoms with Crippen molar-refractivity contribution in [2.45, 2.75) is 0 Å². The van der Waals surface area contributed by atoms with Gasteiger partial charge in [0.25, 0.3) is 11.8 Å². The molecule has 6 aromatic carbocycles. The second-order valence-corrected chi connectivity index (χ2v) is 11.5. The lowest BCUT2D eigenvalue weighted by Crippen LogP contribution is -2.11. The summed E-state index contributed by atoms with van der Waals surface area (Å²) in [5.74, 6) is 0.412. The number of para-hydroxylation sites is 2. The second kappa shape index (κ2) is 14.4. The van der Waals surface area contributed by atoms with E-state index in [2.05, 4.69) is 25.6 Å². The lowest BCUT2D eigenvalue weighted by molar-refractivity contribution is 0.101. The van der Waals surface area contributed by atoms with Gasteiger partial charge in [-0.1, -0.05) is 24.3 Å². The maximum Gasteiger partial charge on any atom is 0.255 e. The van der Waals surface area contributed by atoms with Crippen molar-refractivity contribution < 1.29 is 19.8 Å². The molecule has 0 radical (unpaired) electrons. The monoisotopic (exact) mass is 670 g/mol. The van der Waals surface area contributed by atoms with Crippen molar-refractivity contribution in [2.24, 2.45) is 9.98 Å². The molecule has 10 nitrogen and oxygen atoms in total. The van der Waals surface area contributed by atoms with Crippen LogP contribution in [0.4, 0.5) is 22.7 Å². The Morgan fingerprint density at radius 2 is 1.08 bits per heavy atom. The molecule has 51 heavy (non-hydrogen) atoms. The summed E-state index contributed by atoms with van der Waals surface area (Å²) >= 11 is 0. The topological polar surface area (TPSA) is 152 Å². The molecule has 0 aliphatic carbocycles. The first-order valence-corrected chi connectivity index (χ1v) is 16.0. The molecule has 0 unspecified atom stereocenters. The Labute approximate surface area is 292 Å². The molecular weight excluding hydrogens is 640 g/mol. The fraction of sp³-hybridized carbons (Fsp3) is 0. The predicted octanol–water partition coefficient (Wildman–Crippen LogP) is 8.65. The van der Waals surface area contributed by atoms with E-state index in [1.54, 1.807) is 116 Å². The summed E-state index contributed by atoms with van der Waals surface area (Å²) in [5.41, 5.74) is 7.01. The Morgan fingerprint density at radius 3 is 1.61 bits per heavy atom. The van der Waals surface area contributed by atoms with E-state index >= 15 is 0 Å². The van der Waals surface area contributed by atoms with E-state index in [0.717, 1.165) is 16.6 Å². The third-order valence-corrected chi connectivity index (χ3v) is 7.99. The van der Waals surface area contributed by atoms with Gasteiger partial charge >= 0.3 is 0 Å². The van der Waals surface area contributed by atoms with Gasteiger partial charge < -0.3 is 25.8 Å². The van der Waals surface area contributed by atoms with Gasteiger partial charge in [0.2, 0.25) is 0 Å². The number of fused-ring (bicyclic) bond motifs is 1. The maximum absolute atomic E-state index is 13.0. The first-order chi connectivity index (χ1) is 24.9. The van der Waals surface area contributed by atoms with Gasteiger partial charge in [0.15, 0.2) is 0 Å². The Bertz CT molecular complexity index is 2420. The number of aromatic hydroxyl groups is 2. The number of hydrogen-bond acceptors (Lipinski definition) is 7. The molecule has 248 valence electrons. The normalized spacial score (nSPS) is 11.3. The highest BCUT2D eigenvalue weighted by molar-refractivity contribution is 6.06. The molecule has 0 bridgehead atoms. The molecule has 0 fully saturated rings. The van der Waals surface area contributed by atoms with Crippen LogP contribution in [0.2, 0.25) is 0 Å². The molecule has 0 atom stereocenters. The lowest BCUT2D eigenvalue weighted by Gasteiger charge is -2.06. The number of hydrogen-bond donors (Lipinski definition) is 5. The van der Waals surface area contributed by atoms with Crippen LogP contribution in [0.25, 0.3) is 22.4 Å². The van der Waals surface area contributed by atoms with E-state index in [0.29, 0.717) is 50.8 Å². The van der Waals surface area contributed by atoms with Gasteiger partial charge in [0.05, 0.1) is 22.4 Å². The van der Waals surface area contributed by atoms with Crippen LogP contribution >= 0.6 is 0 Å². The van der Waals surface area contributed by atoms with Crippen LogP contribution in [0.1, 0.15) is 31.8 Å². The average Bonchev–Trinajstić information content (AvgIpc) is 3.58. The zero-order valence-electron chi connectivity index (χ0n) is 27.0. The smallest absolute Gasteiger partial charge is 0.255 e. The minimum Gasteiger partial charge on any atom is -0.507 e. The zero-order valence-corrected chi connectivity index (χ0v) is 27.0. The van der Waals surface area contributed by atoms with Crippen LogP contribution < -0.4 is 10.6 Å². The Balaban J connectivity index is 0.958. The first-order valence-electron chi connectivity index (χ1n) is 16.0. The molecule has 7 rings (SSSR count). The molecule has 0 aliphatic heterocycles. The third kappa shape index (κ3) is 7.71. The number of rotatable bonds is 9. The van der Waals surface area contributed by atoms with E-state index < -0.39 is 0 Å². The van der Waals surface area contributed by atoms with Gasteiger partial charge in [0.1, 0.15) is 17.3 Å². The molecule has 2 amide bonds. The number of carbonyl (C=O) groups is 2. The molecule has 0 saturated carbocycles. The van der Waals surface area contributed by atoms with Gasteiger partial charge in [0, 0.05) is 51.6 Å². The molecule has 10 heteroatoms. The molecule has 5 N–H and O–H groups in total. The summed E-state index contributed by atoms with van der Waals surface area (Å²) in [6, 6.07) is 40.4. The molecule has 0 saturated heterocycles. The van der Waals surface area contributed by atoms with Gasteiger partial charge in [-0.05, 0) is 115 Å². The number of phenolic OH excluding ortho intramolecular Hbond substituents is 2. The van der Waals surface area contributed by atoms with Crippen LogP contribution in [-0.2, 0) is 0 Å². The highest BCUT2D eigenvalue weighted by Gasteiger charge is 2.11. The summed E-state index contributed by atoms with van der Waals surface area (Å²) in [6.07, 6.45) is 3.15. The largest absolute Gasteiger partial charge is 0.507 e. The number of anilines is 2. The highest BCUT2D eigenvalue weighted by atomic mass is 16.3. The van der Waals surface area contributed by atoms with Crippen molar-refractivity contribution in [2.75, 3.05) is 10.6 Å². The van der Waals surface area contributed by atoms with Crippen LogP contribution in [0.3, 0.4) is 0 Å². The number of phenols is 2. The number of aromatic nitrogens is 2. The lowest BCUT2D eigenvalue weighted by atomic mass is 10.1. The van der Waals surface area contributed by atoms with Crippen LogP contribution in [0.15, 0.2) is 150 Å². The fourth-order valence-electron chi connectivity index (χ4n) is 5.22. The Morgan fingerprint density at radius 1 is 0.588 bits per heavy atom. The minimum absolute atomic E-state index is 0.146. The van der Waals surface area contributed by atoms with Crippen molar-refractivity contribution in [1.82, 2.24) is 9.97 Å². The average molecular weight is 671 g/mol. The number of carbonyl (C=O) groups excluding carboxylic acids is 2. The zero-order chi connectivity index (χ0) is 35.2. The molecule has 0 spiro atoms. The van der Waals surface area contributed by atoms with E-state index in [4.69, 9.17) is 4.98 Å². The second-order valence-electron chi connectivity index (χ2n) is 11.5. The van der Waals surface area contributed by atoms with Crippen molar-refractivity contribution >= 4 is 58.0 Å². The predicted molar refractivity (Wildman–Crippen MR) is 201 cm³/mol. The number of amides is 2. The molecule has 1 aromatic heterocycles. The Hall–Kier alpha value is -7.33. The summed E-state index contributed by atoms with van der Waals surface area (Å²) in [6.45, 7) is 0. The van der Waals surface area contributed by atoms with Crippen LogP contribution in [0.5, 0.6) is 11.5 Å². The maximum atomic E-state index is 13.0. The standard InChI is InChI=1S/C41H30N6O4/c48-37-7-3-1-5-29(37)24-42-31-15-11-27(12-16-31)40(50)44-33-19-9-26(10-20-33)39-46-35-22-21-34(23-36(35)47-39)45-41(51)28-13-17-32(18-14-28)43-25-30-6-2-4-8-38(30)49/h1-25,48-49H,(H,44,50)(H,45,51)(H,46,47). The number of H-pyrrole nitrogens is 1. The fourth-order valence-corrected chi connectivity index (χ4v) is 5.22. The number of benzene rings is 6. The number of nitrogens with one attached hydrogen (secondary N) is 3. The summed E-state index contributed by atoms with van der Waals surface area (Å²) in [4.78, 5) is 42.6. The number of imidazole rings is 1. The summed E-state index contributed by atoms with van der Waals surface area (Å²) in [5, 5.41) is 25.7. The molecule has 0 aliphatic rings. The number of aliphatic imine (C=N–C) groups is 2. The van der Waals surface area contributed by atoms with Crippen molar-refractivity contribution in [3.63, 3.8) is 0 Å². The van der Waals surface area contributed by atoms with Crippen molar-refractivity contribution in [1.29, 1.82) is 0 Å². The van der Waals surface area contributed by atoms with E-state index in [1.807, 2.05) is 36.4 Å². The summed E-state index contributed by atoms with van der Waals surface area (Å²) in [7, 11) is 0. The van der Waals surface area contributed by atoms with Gasteiger partial charge in [-0.3, -0.25) is 19.6 Å².